The minimum Gasteiger partial charge on any atom is -0.493 e. The maximum Gasteiger partial charge on any atom is 0.243 e. The standard InChI is InChI=1S/C20H24ClNO5S2/c1-3-12-27-20-9-8-18(13-15(20)2)29(25,26)22-11-10-19(14-22)28(23,24)17-6-4-16(21)5-7-17/h4-9,13,19H,3,10-12,14H2,1-2H3. The minimum atomic E-state index is -3.79. The summed E-state index contributed by atoms with van der Waals surface area (Å²) in [5, 5.41) is -0.340. The summed E-state index contributed by atoms with van der Waals surface area (Å²) in [4.78, 5) is 0.294. The van der Waals surface area contributed by atoms with Crippen LogP contribution in [0.2, 0.25) is 5.02 Å². The van der Waals surface area contributed by atoms with Gasteiger partial charge < -0.3 is 4.74 Å². The Bertz CT molecular complexity index is 1080. The molecule has 0 N–H and O–H groups in total. The third kappa shape index (κ3) is 4.60. The van der Waals surface area contributed by atoms with Crippen molar-refractivity contribution >= 4 is 31.5 Å². The average Bonchev–Trinajstić information content (AvgIpc) is 3.19. The highest BCUT2D eigenvalue weighted by atomic mass is 35.5. The normalized spacial score (nSPS) is 18.1. The van der Waals surface area contributed by atoms with Crippen molar-refractivity contribution < 1.29 is 21.6 Å². The molecule has 2 aromatic rings. The molecule has 3 rings (SSSR count). The average molecular weight is 458 g/mol. The maximum atomic E-state index is 13.0. The number of ether oxygens (including phenoxy) is 1. The van der Waals surface area contributed by atoms with E-state index in [1.54, 1.807) is 19.1 Å². The van der Waals surface area contributed by atoms with E-state index in [4.69, 9.17) is 16.3 Å². The summed E-state index contributed by atoms with van der Waals surface area (Å²) in [7, 11) is -7.43. The van der Waals surface area contributed by atoms with Crippen LogP contribution in [-0.2, 0) is 19.9 Å². The van der Waals surface area contributed by atoms with E-state index in [-0.39, 0.29) is 29.3 Å². The van der Waals surface area contributed by atoms with Gasteiger partial charge in [0.25, 0.3) is 0 Å². The molecule has 1 saturated heterocycles. The molecule has 0 radical (unpaired) electrons. The lowest BCUT2D eigenvalue weighted by Gasteiger charge is -2.18. The number of sulfonamides is 1. The minimum absolute atomic E-state index is 0.0690. The van der Waals surface area contributed by atoms with Gasteiger partial charge in [0.2, 0.25) is 10.0 Å². The molecular weight excluding hydrogens is 434 g/mol. The molecule has 0 amide bonds. The predicted octanol–water partition coefficient (Wildman–Crippen LogP) is 3.67. The third-order valence-electron chi connectivity index (χ3n) is 4.93. The Labute approximate surface area is 177 Å². The van der Waals surface area contributed by atoms with E-state index in [0.29, 0.717) is 17.4 Å². The molecule has 9 heteroatoms. The van der Waals surface area contributed by atoms with Crippen LogP contribution in [0.15, 0.2) is 52.3 Å². The van der Waals surface area contributed by atoms with E-state index < -0.39 is 25.1 Å². The van der Waals surface area contributed by atoms with Gasteiger partial charge in [-0.2, -0.15) is 4.31 Å². The second kappa shape index (κ2) is 8.63. The largest absolute Gasteiger partial charge is 0.493 e. The number of sulfone groups is 1. The summed E-state index contributed by atoms with van der Waals surface area (Å²) >= 11 is 5.83. The zero-order valence-electron chi connectivity index (χ0n) is 16.3. The molecule has 6 nitrogen and oxygen atoms in total. The van der Waals surface area contributed by atoms with Gasteiger partial charge in [0.15, 0.2) is 9.84 Å². The first-order valence-corrected chi connectivity index (χ1v) is 12.8. The van der Waals surface area contributed by atoms with Crippen LogP contribution in [0.4, 0.5) is 0 Å². The van der Waals surface area contributed by atoms with Gasteiger partial charge in [-0.25, -0.2) is 16.8 Å². The van der Waals surface area contributed by atoms with Crippen LogP contribution in [0.5, 0.6) is 5.75 Å². The summed E-state index contributed by atoms with van der Waals surface area (Å²) in [5.74, 6) is 0.649. The first kappa shape index (κ1) is 22.1. The van der Waals surface area contributed by atoms with E-state index in [1.165, 1.54) is 34.6 Å². The fourth-order valence-corrected chi connectivity index (χ4v) is 6.79. The Morgan fingerprint density at radius 1 is 1.07 bits per heavy atom. The molecule has 29 heavy (non-hydrogen) atoms. The molecule has 0 spiro atoms. The van der Waals surface area contributed by atoms with Gasteiger partial charge in [-0.1, -0.05) is 18.5 Å². The molecule has 0 aliphatic carbocycles. The summed E-state index contributed by atoms with van der Waals surface area (Å²) in [6, 6.07) is 10.7. The zero-order valence-corrected chi connectivity index (χ0v) is 18.7. The van der Waals surface area contributed by atoms with Gasteiger partial charge in [0.1, 0.15) is 5.75 Å². The fraction of sp³-hybridized carbons (Fsp3) is 0.400. The Morgan fingerprint density at radius 3 is 2.34 bits per heavy atom. The highest BCUT2D eigenvalue weighted by Gasteiger charge is 2.39. The number of hydrogen-bond donors (Lipinski definition) is 0. The lowest BCUT2D eigenvalue weighted by molar-refractivity contribution is 0.315. The predicted molar refractivity (Wildman–Crippen MR) is 113 cm³/mol. The van der Waals surface area contributed by atoms with Crippen LogP contribution in [0.1, 0.15) is 25.3 Å². The molecule has 1 unspecified atom stereocenters. The second-order valence-electron chi connectivity index (χ2n) is 7.05. The van der Waals surface area contributed by atoms with Gasteiger partial charge in [0, 0.05) is 18.1 Å². The summed E-state index contributed by atoms with van der Waals surface area (Å²) in [5.41, 5.74) is 0.726. The van der Waals surface area contributed by atoms with Crippen molar-refractivity contribution in [3.63, 3.8) is 0 Å². The fourth-order valence-electron chi connectivity index (χ4n) is 3.29. The molecule has 1 aliphatic heterocycles. The molecule has 2 aromatic carbocycles. The lowest BCUT2D eigenvalue weighted by Crippen LogP contribution is -2.32. The highest BCUT2D eigenvalue weighted by Crippen LogP contribution is 2.30. The molecule has 158 valence electrons. The number of halogens is 1. The van der Waals surface area contributed by atoms with Crippen LogP contribution < -0.4 is 4.74 Å². The molecule has 1 heterocycles. The van der Waals surface area contributed by atoms with Crippen LogP contribution in [0.25, 0.3) is 0 Å². The van der Waals surface area contributed by atoms with Crippen molar-refractivity contribution in [1.82, 2.24) is 4.31 Å². The molecule has 0 aromatic heterocycles. The number of benzene rings is 2. The van der Waals surface area contributed by atoms with Crippen molar-refractivity contribution in [1.29, 1.82) is 0 Å². The van der Waals surface area contributed by atoms with Crippen molar-refractivity contribution in [3.05, 3.63) is 53.1 Å². The van der Waals surface area contributed by atoms with Crippen molar-refractivity contribution in [2.24, 2.45) is 0 Å². The molecule has 1 fully saturated rings. The Kier molecular flexibility index (Phi) is 6.57. The van der Waals surface area contributed by atoms with Gasteiger partial charge in [-0.15, -0.1) is 0 Å². The summed E-state index contributed by atoms with van der Waals surface area (Å²) in [6.07, 6.45) is 1.11. The van der Waals surface area contributed by atoms with Gasteiger partial charge in [-0.3, -0.25) is 0 Å². The second-order valence-corrected chi connectivity index (χ2v) is 11.7. The van der Waals surface area contributed by atoms with Crippen LogP contribution in [-0.4, -0.2) is 46.1 Å². The first-order valence-electron chi connectivity index (χ1n) is 9.39. The number of rotatable bonds is 7. The SMILES string of the molecule is CCCOc1ccc(S(=O)(=O)N2CCC(S(=O)(=O)c3ccc(Cl)cc3)C2)cc1C. The number of aryl methyl sites for hydroxylation is 1. The smallest absolute Gasteiger partial charge is 0.243 e. The van der Waals surface area contributed by atoms with Crippen molar-refractivity contribution in [2.45, 2.75) is 41.7 Å². The lowest BCUT2D eigenvalue weighted by atomic mass is 10.2. The van der Waals surface area contributed by atoms with E-state index in [1.807, 2.05) is 6.92 Å². The van der Waals surface area contributed by atoms with E-state index >= 15 is 0 Å². The Morgan fingerprint density at radius 2 is 1.72 bits per heavy atom. The van der Waals surface area contributed by atoms with Crippen LogP contribution in [0, 0.1) is 6.92 Å². The maximum absolute atomic E-state index is 13.0. The number of hydrogen-bond acceptors (Lipinski definition) is 5. The first-order chi connectivity index (χ1) is 13.7. The van der Waals surface area contributed by atoms with Gasteiger partial charge in [0.05, 0.1) is 21.6 Å². The molecule has 0 saturated carbocycles. The van der Waals surface area contributed by atoms with Crippen molar-refractivity contribution in [2.75, 3.05) is 19.7 Å². The third-order valence-corrected chi connectivity index (χ3v) is 9.24. The molecule has 1 atom stereocenters. The molecule has 0 bridgehead atoms. The summed E-state index contributed by atoms with van der Waals surface area (Å²) < 4.78 is 58.7. The number of nitrogens with zero attached hydrogens (tertiary/aromatic N) is 1. The van der Waals surface area contributed by atoms with Gasteiger partial charge >= 0.3 is 0 Å². The molecule has 1 aliphatic rings. The monoisotopic (exact) mass is 457 g/mol. The quantitative estimate of drug-likeness (QED) is 0.633. The van der Waals surface area contributed by atoms with Crippen LogP contribution in [0.3, 0.4) is 0 Å². The molecular formula is C20H24ClNO5S2. The highest BCUT2D eigenvalue weighted by molar-refractivity contribution is 7.92. The van der Waals surface area contributed by atoms with E-state index in [9.17, 15) is 16.8 Å². The van der Waals surface area contributed by atoms with Crippen molar-refractivity contribution in [3.8, 4) is 5.75 Å². The summed E-state index contributed by atoms with van der Waals surface area (Å²) in [6.45, 7) is 4.44. The Balaban J connectivity index is 1.80. The Hall–Kier alpha value is -1.61. The van der Waals surface area contributed by atoms with Gasteiger partial charge in [-0.05, 0) is 67.8 Å². The van der Waals surface area contributed by atoms with E-state index in [2.05, 4.69) is 0 Å². The van der Waals surface area contributed by atoms with E-state index in [0.717, 1.165) is 12.0 Å². The topological polar surface area (TPSA) is 80.8 Å². The zero-order chi connectivity index (χ0) is 21.2. The van der Waals surface area contributed by atoms with Crippen LogP contribution >= 0.6 is 11.6 Å².